The summed E-state index contributed by atoms with van der Waals surface area (Å²) in [5.41, 5.74) is 0.594. The number of allylic oxidation sites excluding steroid dienone is 2. The van der Waals surface area contributed by atoms with Gasteiger partial charge in [0, 0.05) is 18.4 Å². The zero-order valence-corrected chi connectivity index (χ0v) is 14.9. The molecule has 1 unspecified atom stereocenters. The van der Waals surface area contributed by atoms with Crippen LogP contribution in [0.15, 0.2) is 49.5 Å². The normalized spacial score (nSPS) is 13.3. The van der Waals surface area contributed by atoms with E-state index in [4.69, 9.17) is 4.74 Å². The molecule has 23 heavy (non-hydrogen) atoms. The van der Waals surface area contributed by atoms with Crippen molar-refractivity contribution >= 4 is 11.6 Å². The Morgan fingerprint density at radius 1 is 1.13 bits per heavy atom. The first kappa shape index (κ1) is 20.9. The van der Waals surface area contributed by atoms with E-state index in [1.54, 1.807) is 29.3 Å². The second kappa shape index (κ2) is 10.6. The maximum atomic E-state index is 12.2. The van der Waals surface area contributed by atoms with Crippen LogP contribution in [0.2, 0.25) is 0 Å². The summed E-state index contributed by atoms with van der Waals surface area (Å²) in [6.45, 7) is 16.9. The first-order valence-electron chi connectivity index (χ1n) is 7.86. The molecule has 0 aromatic heterocycles. The molecule has 0 rings (SSSR count). The second-order valence-corrected chi connectivity index (χ2v) is 5.74. The molecule has 0 saturated carbocycles. The monoisotopic (exact) mass is 319 g/mol. The Morgan fingerprint density at radius 2 is 1.74 bits per heavy atom. The Morgan fingerprint density at radius 3 is 2.13 bits per heavy atom. The minimum atomic E-state index is -0.658. The Bertz CT molecular complexity index is 487. The lowest BCUT2D eigenvalue weighted by molar-refractivity contribution is -0.128. The summed E-state index contributed by atoms with van der Waals surface area (Å²) in [7, 11) is 0. The van der Waals surface area contributed by atoms with Crippen LogP contribution in [-0.2, 0) is 14.3 Å². The molecule has 0 bridgehead atoms. The number of hydrogen-bond acceptors (Lipinski definition) is 4. The zero-order valence-electron chi connectivity index (χ0n) is 14.9. The van der Waals surface area contributed by atoms with E-state index < -0.39 is 6.10 Å². The zero-order chi connectivity index (χ0) is 18.0. The highest BCUT2D eigenvalue weighted by atomic mass is 16.5. The quantitative estimate of drug-likeness (QED) is 0.329. The number of carbonyl (C=O) groups excluding carboxylic acids is 2. The molecule has 0 amide bonds. The Balaban J connectivity index is 5.06. The summed E-state index contributed by atoms with van der Waals surface area (Å²) in [5, 5.41) is 0. The molecule has 0 spiro atoms. The van der Waals surface area contributed by atoms with Crippen LogP contribution in [0.1, 0.15) is 34.6 Å². The van der Waals surface area contributed by atoms with Crippen LogP contribution in [0, 0.1) is 11.8 Å². The topological polar surface area (TPSA) is 46.6 Å². The van der Waals surface area contributed by atoms with Crippen LogP contribution in [0.3, 0.4) is 0 Å². The van der Waals surface area contributed by atoms with Gasteiger partial charge < -0.3 is 9.64 Å². The van der Waals surface area contributed by atoms with Crippen LogP contribution >= 0.6 is 0 Å². The lowest BCUT2D eigenvalue weighted by atomic mass is 10.0. The maximum absolute atomic E-state index is 12.2. The predicted molar refractivity (Wildman–Crippen MR) is 94.6 cm³/mol. The van der Waals surface area contributed by atoms with Gasteiger partial charge in [0.1, 0.15) is 0 Å². The first-order chi connectivity index (χ1) is 10.8. The minimum Gasteiger partial charge on any atom is -0.487 e. The highest BCUT2D eigenvalue weighted by Crippen LogP contribution is 2.13. The van der Waals surface area contributed by atoms with E-state index in [1.807, 2.05) is 34.6 Å². The first-order valence-corrected chi connectivity index (χ1v) is 7.86. The van der Waals surface area contributed by atoms with Gasteiger partial charge in [-0.1, -0.05) is 53.0 Å². The lowest BCUT2D eigenvalue weighted by Gasteiger charge is -2.22. The fourth-order valence-electron chi connectivity index (χ4n) is 1.95. The van der Waals surface area contributed by atoms with Gasteiger partial charge in [-0.25, -0.2) is 0 Å². The molecule has 4 heteroatoms. The molecule has 0 aliphatic carbocycles. The van der Waals surface area contributed by atoms with E-state index in [0.29, 0.717) is 12.2 Å². The summed E-state index contributed by atoms with van der Waals surface area (Å²) in [5.74, 6) is -0.186. The average molecular weight is 319 g/mol. The van der Waals surface area contributed by atoms with E-state index in [1.165, 1.54) is 6.26 Å². The number of Topliss-reactive ketones (excluding diaryl/α,β-unsaturated/α-hetero) is 2. The molecule has 0 saturated heterocycles. The van der Waals surface area contributed by atoms with Gasteiger partial charge in [-0.3, -0.25) is 9.59 Å². The standard InChI is InChI=1S/C19H29NO3/c1-8-16(18(21)14(4)5)20(9-2)13-11-12-17(23-10-3)19(22)15(6)7/h8-12,14-15,17H,2-3,13H2,1,4-7H3/b12-11+,16-8?. The molecule has 0 N–H and O–H groups in total. The van der Waals surface area contributed by atoms with Gasteiger partial charge in [0.25, 0.3) is 0 Å². The third-order valence-electron chi connectivity index (χ3n) is 3.29. The number of rotatable bonds is 11. The summed E-state index contributed by atoms with van der Waals surface area (Å²) >= 11 is 0. The van der Waals surface area contributed by atoms with Crippen LogP contribution in [-0.4, -0.2) is 29.1 Å². The number of carbonyl (C=O) groups is 2. The van der Waals surface area contributed by atoms with Crippen molar-refractivity contribution in [2.24, 2.45) is 11.8 Å². The van der Waals surface area contributed by atoms with Crippen LogP contribution in [0.25, 0.3) is 0 Å². The van der Waals surface area contributed by atoms with Crippen LogP contribution < -0.4 is 0 Å². The predicted octanol–water partition coefficient (Wildman–Crippen LogP) is 3.87. The fraction of sp³-hybridized carbons (Fsp3) is 0.474. The molecule has 0 aliphatic heterocycles. The highest BCUT2D eigenvalue weighted by Gasteiger charge is 2.20. The molecule has 0 aliphatic rings. The second-order valence-electron chi connectivity index (χ2n) is 5.74. The SMILES string of the molecule is C=COC(/C=C/CN(C=C)C(=CC)C(=O)C(C)C)C(=O)C(C)C. The average Bonchev–Trinajstić information content (AvgIpc) is 2.51. The molecule has 1 atom stereocenters. The van der Waals surface area contributed by atoms with Gasteiger partial charge >= 0.3 is 0 Å². The summed E-state index contributed by atoms with van der Waals surface area (Å²) in [4.78, 5) is 26.0. The number of hydrogen-bond donors (Lipinski definition) is 0. The van der Waals surface area contributed by atoms with E-state index in [0.717, 1.165) is 0 Å². The molecular formula is C19H29NO3. The number of ketones is 2. The molecule has 128 valence electrons. The Hall–Kier alpha value is -2.10. The summed E-state index contributed by atoms with van der Waals surface area (Å²) < 4.78 is 5.25. The van der Waals surface area contributed by atoms with Crippen molar-refractivity contribution in [3.63, 3.8) is 0 Å². The highest BCUT2D eigenvalue weighted by molar-refractivity contribution is 5.96. The van der Waals surface area contributed by atoms with Crippen molar-refractivity contribution in [3.05, 3.63) is 49.5 Å². The van der Waals surface area contributed by atoms with Crippen molar-refractivity contribution in [2.75, 3.05) is 6.54 Å². The molecule has 0 heterocycles. The van der Waals surface area contributed by atoms with Crippen molar-refractivity contribution in [3.8, 4) is 0 Å². The van der Waals surface area contributed by atoms with Crippen LogP contribution in [0.4, 0.5) is 0 Å². The van der Waals surface area contributed by atoms with Crippen molar-refractivity contribution < 1.29 is 14.3 Å². The molecule has 0 fully saturated rings. The molecular weight excluding hydrogens is 290 g/mol. The Kier molecular flexibility index (Phi) is 9.63. The van der Waals surface area contributed by atoms with Crippen molar-refractivity contribution in [1.82, 2.24) is 4.90 Å². The molecule has 0 radical (unpaired) electrons. The lowest BCUT2D eigenvalue weighted by Crippen LogP contribution is -2.27. The third kappa shape index (κ3) is 6.68. The van der Waals surface area contributed by atoms with Gasteiger partial charge in [-0.05, 0) is 19.2 Å². The maximum Gasteiger partial charge on any atom is 0.181 e. The number of ether oxygens (including phenoxy) is 1. The van der Waals surface area contributed by atoms with Gasteiger partial charge in [0.05, 0.1) is 12.0 Å². The van der Waals surface area contributed by atoms with Gasteiger partial charge in [-0.15, -0.1) is 0 Å². The fourth-order valence-corrected chi connectivity index (χ4v) is 1.95. The molecule has 0 aromatic rings. The summed E-state index contributed by atoms with van der Waals surface area (Å²) in [6, 6.07) is 0. The molecule has 0 aromatic carbocycles. The van der Waals surface area contributed by atoms with E-state index in [-0.39, 0.29) is 23.4 Å². The smallest absolute Gasteiger partial charge is 0.181 e. The van der Waals surface area contributed by atoms with Crippen LogP contribution in [0.5, 0.6) is 0 Å². The van der Waals surface area contributed by atoms with Crippen molar-refractivity contribution in [1.29, 1.82) is 0 Å². The van der Waals surface area contributed by atoms with Gasteiger partial charge in [-0.2, -0.15) is 0 Å². The minimum absolute atomic E-state index is 0.0178. The van der Waals surface area contributed by atoms with Gasteiger partial charge in [0.2, 0.25) is 0 Å². The van der Waals surface area contributed by atoms with Crippen molar-refractivity contribution in [2.45, 2.75) is 40.7 Å². The summed E-state index contributed by atoms with van der Waals surface area (Å²) in [6.07, 6.45) is 7.47. The van der Waals surface area contributed by atoms with E-state index >= 15 is 0 Å². The van der Waals surface area contributed by atoms with Gasteiger partial charge in [0.15, 0.2) is 17.7 Å². The van der Waals surface area contributed by atoms with E-state index in [9.17, 15) is 9.59 Å². The largest absolute Gasteiger partial charge is 0.487 e. The number of nitrogens with zero attached hydrogens (tertiary/aromatic N) is 1. The Labute approximate surface area is 140 Å². The van der Waals surface area contributed by atoms with E-state index in [2.05, 4.69) is 13.2 Å². The third-order valence-corrected chi connectivity index (χ3v) is 3.29. The molecule has 4 nitrogen and oxygen atoms in total.